The molecule has 0 saturated carbocycles. The van der Waals surface area contributed by atoms with Crippen LogP contribution in [0.4, 0.5) is 0 Å². The van der Waals surface area contributed by atoms with Crippen molar-refractivity contribution >= 4 is 23.9 Å². The van der Waals surface area contributed by atoms with E-state index in [4.69, 9.17) is 13.9 Å². The minimum Gasteiger partial charge on any atom is -0.497 e. The summed E-state index contributed by atoms with van der Waals surface area (Å²) in [4.78, 5) is 12.3. The van der Waals surface area contributed by atoms with Gasteiger partial charge < -0.3 is 13.9 Å². The summed E-state index contributed by atoms with van der Waals surface area (Å²) in [5.74, 6) is 3.28. The van der Waals surface area contributed by atoms with Gasteiger partial charge in [-0.2, -0.15) is 5.10 Å². The van der Waals surface area contributed by atoms with Crippen molar-refractivity contribution in [3.05, 3.63) is 72.2 Å². The van der Waals surface area contributed by atoms with Crippen LogP contribution in [-0.4, -0.2) is 46.9 Å². The van der Waals surface area contributed by atoms with Gasteiger partial charge in [-0.15, -0.1) is 10.2 Å². The number of hydrogen-bond donors (Lipinski definition) is 1. The fourth-order valence-electron chi connectivity index (χ4n) is 3.11. The largest absolute Gasteiger partial charge is 0.497 e. The molecule has 0 aliphatic carbocycles. The Labute approximate surface area is 200 Å². The molecular weight excluding hydrogens is 454 g/mol. The van der Waals surface area contributed by atoms with Crippen molar-refractivity contribution < 1.29 is 18.7 Å². The van der Waals surface area contributed by atoms with Crippen LogP contribution in [0.25, 0.3) is 17.1 Å². The number of aryl methyl sites for hydroxylation is 1. The van der Waals surface area contributed by atoms with Gasteiger partial charge in [0.15, 0.2) is 11.0 Å². The highest BCUT2D eigenvalue weighted by molar-refractivity contribution is 7.99. The van der Waals surface area contributed by atoms with Gasteiger partial charge in [0.05, 0.1) is 26.2 Å². The van der Waals surface area contributed by atoms with Crippen molar-refractivity contribution in [1.82, 2.24) is 20.2 Å². The molecule has 10 heteroatoms. The van der Waals surface area contributed by atoms with Gasteiger partial charge in [0.25, 0.3) is 5.91 Å². The third kappa shape index (κ3) is 5.46. The quantitative estimate of drug-likeness (QED) is 0.220. The van der Waals surface area contributed by atoms with E-state index in [0.29, 0.717) is 16.7 Å². The van der Waals surface area contributed by atoms with Crippen LogP contribution in [0.1, 0.15) is 11.5 Å². The number of methoxy groups -OCH3 is 2. The van der Waals surface area contributed by atoms with Crippen molar-refractivity contribution in [2.45, 2.75) is 12.1 Å². The summed E-state index contributed by atoms with van der Waals surface area (Å²) in [6.45, 7) is 1.84. The zero-order valence-corrected chi connectivity index (χ0v) is 19.7. The van der Waals surface area contributed by atoms with E-state index in [1.165, 1.54) is 18.0 Å². The van der Waals surface area contributed by atoms with Crippen LogP contribution in [0.3, 0.4) is 0 Å². The Morgan fingerprint density at radius 3 is 2.32 bits per heavy atom. The lowest BCUT2D eigenvalue weighted by molar-refractivity contribution is -0.118. The van der Waals surface area contributed by atoms with Crippen LogP contribution in [0, 0.1) is 6.92 Å². The Hall–Kier alpha value is -4.05. The molecule has 0 fully saturated rings. The first kappa shape index (κ1) is 23.1. The molecule has 0 saturated heterocycles. The molecule has 34 heavy (non-hydrogen) atoms. The van der Waals surface area contributed by atoms with Crippen LogP contribution < -0.4 is 14.9 Å². The van der Waals surface area contributed by atoms with E-state index in [2.05, 4.69) is 20.7 Å². The highest BCUT2D eigenvalue weighted by Crippen LogP contribution is 2.29. The fourth-order valence-corrected chi connectivity index (χ4v) is 3.85. The van der Waals surface area contributed by atoms with E-state index in [0.717, 1.165) is 28.5 Å². The van der Waals surface area contributed by atoms with Gasteiger partial charge in [0.1, 0.15) is 23.0 Å². The fraction of sp³-hybridized carbons (Fsp3) is 0.167. The molecule has 0 atom stereocenters. The highest BCUT2D eigenvalue weighted by Gasteiger charge is 2.17. The summed E-state index contributed by atoms with van der Waals surface area (Å²) in [5.41, 5.74) is 4.20. The molecular formula is C24H23N5O4S. The number of nitrogens with one attached hydrogen (secondary N) is 1. The average molecular weight is 478 g/mol. The molecule has 1 N–H and O–H groups in total. The summed E-state index contributed by atoms with van der Waals surface area (Å²) in [7, 11) is 3.24. The molecule has 1 amide bonds. The third-order valence-corrected chi connectivity index (χ3v) is 5.72. The number of carbonyl (C=O) groups excluding carboxylic acids is 1. The van der Waals surface area contributed by atoms with Crippen LogP contribution in [0.15, 0.2) is 75.3 Å². The SMILES string of the molecule is COc1ccc(-c2nnc(SCC(=O)N/N=C/c3ccc(C)o3)n2-c2ccc(OC)cc2)cc1. The third-order valence-electron chi connectivity index (χ3n) is 4.79. The molecule has 4 aromatic rings. The van der Waals surface area contributed by atoms with Crippen molar-refractivity contribution in [3.8, 4) is 28.6 Å². The predicted octanol–water partition coefficient (Wildman–Crippen LogP) is 4.10. The molecule has 0 aliphatic heterocycles. The van der Waals surface area contributed by atoms with Crippen molar-refractivity contribution in [1.29, 1.82) is 0 Å². The van der Waals surface area contributed by atoms with E-state index in [-0.39, 0.29) is 11.7 Å². The number of rotatable bonds is 9. The minimum absolute atomic E-state index is 0.103. The highest BCUT2D eigenvalue weighted by atomic mass is 32.2. The molecule has 9 nitrogen and oxygen atoms in total. The molecule has 0 unspecified atom stereocenters. The van der Waals surface area contributed by atoms with E-state index < -0.39 is 0 Å². The molecule has 0 spiro atoms. The topological polar surface area (TPSA) is 104 Å². The summed E-state index contributed by atoms with van der Waals surface area (Å²) in [6, 6.07) is 18.7. The number of furan rings is 1. The van der Waals surface area contributed by atoms with Gasteiger partial charge >= 0.3 is 0 Å². The number of benzene rings is 2. The van der Waals surface area contributed by atoms with Crippen molar-refractivity contribution in [2.24, 2.45) is 5.10 Å². The molecule has 2 aromatic heterocycles. The second kappa shape index (κ2) is 10.7. The molecule has 174 valence electrons. The Kier molecular flexibility index (Phi) is 7.28. The van der Waals surface area contributed by atoms with Gasteiger partial charge in [0.2, 0.25) is 0 Å². The monoisotopic (exact) mass is 477 g/mol. The molecule has 4 rings (SSSR count). The smallest absolute Gasteiger partial charge is 0.250 e. The Bertz CT molecular complexity index is 1280. The van der Waals surface area contributed by atoms with E-state index >= 15 is 0 Å². The molecule has 0 aliphatic rings. The number of carbonyl (C=O) groups is 1. The standard InChI is InChI=1S/C24H23N5O4S/c1-16-4-9-21(33-16)14-25-26-22(30)15-34-24-28-27-23(17-5-10-19(31-2)11-6-17)29(24)18-7-12-20(32-3)13-8-18/h4-14H,15H2,1-3H3,(H,26,30)/b25-14+. The van der Waals surface area contributed by atoms with Crippen molar-refractivity contribution in [2.75, 3.05) is 20.0 Å². The molecule has 2 aromatic carbocycles. The molecule has 0 bridgehead atoms. The van der Waals surface area contributed by atoms with Gasteiger partial charge in [-0.05, 0) is 67.6 Å². The summed E-state index contributed by atoms with van der Waals surface area (Å²) in [6.07, 6.45) is 1.46. The zero-order chi connectivity index (χ0) is 23.9. The molecule has 0 radical (unpaired) electrons. The number of amides is 1. The maximum absolute atomic E-state index is 12.3. The Balaban J connectivity index is 1.54. The maximum Gasteiger partial charge on any atom is 0.250 e. The number of hydrazone groups is 1. The van der Waals surface area contributed by atoms with Crippen LogP contribution in [-0.2, 0) is 4.79 Å². The van der Waals surface area contributed by atoms with Gasteiger partial charge in [-0.25, -0.2) is 5.43 Å². The van der Waals surface area contributed by atoms with E-state index in [1.54, 1.807) is 20.3 Å². The first-order valence-electron chi connectivity index (χ1n) is 10.3. The van der Waals surface area contributed by atoms with Crippen LogP contribution in [0.5, 0.6) is 11.5 Å². The predicted molar refractivity (Wildman–Crippen MR) is 130 cm³/mol. The Morgan fingerprint density at radius 2 is 1.71 bits per heavy atom. The number of hydrogen-bond acceptors (Lipinski definition) is 8. The van der Waals surface area contributed by atoms with E-state index in [9.17, 15) is 4.79 Å². The van der Waals surface area contributed by atoms with E-state index in [1.807, 2.05) is 66.1 Å². The summed E-state index contributed by atoms with van der Waals surface area (Å²) >= 11 is 1.26. The van der Waals surface area contributed by atoms with Crippen LogP contribution in [0.2, 0.25) is 0 Å². The lowest BCUT2D eigenvalue weighted by Crippen LogP contribution is -2.19. The first-order chi connectivity index (χ1) is 16.6. The second-order valence-electron chi connectivity index (χ2n) is 7.10. The average Bonchev–Trinajstić information content (AvgIpc) is 3.49. The number of thioether (sulfide) groups is 1. The number of ether oxygens (including phenoxy) is 2. The summed E-state index contributed by atoms with van der Waals surface area (Å²) < 4.78 is 17.8. The van der Waals surface area contributed by atoms with Gasteiger partial charge in [0, 0.05) is 11.3 Å². The lowest BCUT2D eigenvalue weighted by atomic mass is 10.2. The second-order valence-corrected chi connectivity index (χ2v) is 8.04. The lowest BCUT2D eigenvalue weighted by Gasteiger charge is -2.11. The molecule has 2 heterocycles. The number of nitrogens with zero attached hydrogens (tertiary/aromatic N) is 4. The maximum atomic E-state index is 12.3. The minimum atomic E-state index is -0.278. The number of aromatic nitrogens is 3. The van der Waals surface area contributed by atoms with Gasteiger partial charge in [-0.1, -0.05) is 11.8 Å². The Morgan fingerprint density at radius 1 is 1.03 bits per heavy atom. The first-order valence-corrected chi connectivity index (χ1v) is 11.3. The zero-order valence-electron chi connectivity index (χ0n) is 18.9. The normalized spacial score (nSPS) is 11.0. The van der Waals surface area contributed by atoms with Crippen LogP contribution >= 0.6 is 11.8 Å². The summed E-state index contributed by atoms with van der Waals surface area (Å²) in [5, 5.41) is 13.2. The van der Waals surface area contributed by atoms with Gasteiger partial charge in [-0.3, -0.25) is 9.36 Å². The van der Waals surface area contributed by atoms with Crippen molar-refractivity contribution in [3.63, 3.8) is 0 Å².